The fraction of sp³-hybridized carbons (Fsp3) is 0.440. The molecule has 174 valence electrons. The summed E-state index contributed by atoms with van der Waals surface area (Å²) >= 11 is 0. The van der Waals surface area contributed by atoms with E-state index in [0.29, 0.717) is 49.2 Å². The highest BCUT2D eigenvalue weighted by Crippen LogP contribution is 2.36. The Morgan fingerprint density at radius 1 is 1.12 bits per heavy atom. The minimum absolute atomic E-state index is 0.00397. The Balaban J connectivity index is 1.65. The molecule has 0 saturated heterocycles. The number of rotatable bonds is 7. The largest absolute Gasteiger partial charge is 0.462 e. The Morgan fingerprint density at radius 2 is 1.85 bits per heavy atom. The van der Waals surface area contributed by atoms with Gasteiger partial charge in [0.1, 0.15) is 18.2 Å². The van der Waals surface area contributed by atoms with Crippen molar-refractivity contribution in [2.45, 2.75) is 58.0 Å². The lowest BCUT2D eigenvalue weighted by molar-refractivity contribution is -0.120. The fourth-order valence-corrected chi connectivity index (χ4v) is 4.02. The van der Waals surface area contributed by atoms with Crippen molar-refractivity contribution in [1.29, 1.82) is 0 Å². The number of hydrogen-bond donors (Lipinski definition) is 1. The van der Waals surface area contributed by atoms with Gasteiger partial charge in [-0.25, -0.2) is 14.4 Å². The van der Waals surface area contributed by atoms with Crippen LogP contribution in [0.2, 0.25) is 0 Å². The van der Waals surface area contributed by atoms with Crippen molar-refractivity contribution < 1.29 is 13.9 Å². The third kappa shape index (κ3) is 5.82. The molecule has 1 fully saturated rings. The van der Waals surface area contributed by atoms with Crippen LogP contribution in [0.15, 0.2) is 42.9 Å². The zero-order valence-electron chi connectivity index (χ0n) is 19.3. The van der Waals surface area contributed by atoms with Crippen LogP contribution in [0, 0.1) is 5.82 Å². The average molecular weight is 452 g/mol. The highest BCUT2D eigenvalue weighted by Gasteiger charge is 2.26. The zero-order valence-corrected chi connectivity index (χ0v) is 19.3. The zero-order chi connectivity index (χ0) is 23.4. The third-order valence-electron chi connectivity index (χ3n) is 5.68. The van der Waals surface area contributed by atoms with Gasteiger partial charge in [-0.05, 0) is 63.9 Å². The Bertz CT molecular complexity index is 1090. The number of ether oxygens (including phenoxy) is 1. The number of halogens is 1. The SMILES string of the molecule is CC(C)(C)NCCOc1nccc(-c2c(-c3ccc(F)cc3)ncn2C2CCC(=O)CC2)n1. The van der Waals surface area contributed by atoms with Gasteiger partial charge in [-0.2, -0.15) is 4.98 Å². The highest BCUT2D eigenvalue weighted by atomic mass is 19.1. The molecule has 3 aromatic rings. The predicted molar refractivity (Wildman–Crippen MR) is 124 cm³/mol. The van der Waals surface area contributed by atoms with Gasteiger partial charge in [-0.3, -0.25) is 4.79 Å². The van der Waals surface area contributed by atoms with Gasteiger partial charge in [0, 0.05) is 42.7 Å². The average Bonchev–Trinajstić information content (AvgIpc) is 3.22. The molecule has 0 radical (unpaired) electrons. The summed E-state index contributed by atoms with van der Waals surface area (Å²) in [5.74, 6) is 0.000348. The van der Waals surface area contributed by atoms with Crippen molar-refractivity contribution in [3.05, 3.63) is 48.7 Å². The van der Waals surface area contributed by atoms with Crippen molar-refractivity contribution in [3.63, 3.8) is 0 Å². The van der Waals surface area contributed by atoms with E-state index >= 15 is 0 Å². The van der Waals surface area contributed by atoms with Crippen molar-refractivity contribution in [3.8, 4) is 28.7 Å². The lowest BCUT2D eigenvalue weighted by atomic mass is 9.93. The second-order valence-corrected chi connectivity index (χ2v) is 9.38. The van der Waals surface area contributed by atoms with E-state index in [1.165, 1.54) is 12.1 Å². The van der Waals surface area contributed by atoms with Crippen LogP contribution in [-0.4, -0.2) is 44.0 Å². The molecule has 0 amide bonds. The quantitative estimate of drug-likeness (QED) is 0.529. The maximum Gasteiger partial charge on any atom is 0.316 e. The molecule has 0 atom stereocenters. The molecule has 4 rings (SSSR count). The number of aromatic nitrogens is 4. The number of hydrogen-bond acceptors (Lipinski definition) is 6. The second kappa shape index (κ2) is 9.79. The molecule has 0 aliphatic heterocycles. The lowest BCUT2D eigenvalue weighted by Crippen LogP contribution is -2.38. The summed E-state index contributed by atoms with van der Waals surface area (Å²) in [6.07, 6.45) is 6.12. The molecule has 2 heterocycles. The van der Waals surface area contributed by atoms with Crippen LogP contribution in [-0.2, 0) is 4.79 Å². The predicted octanol–water partition coefficient (Wildman–Crippen LogP) is 4.60. The molecule has 33 heavy (non-hydrogen) atoms. The van der Waals surface area contributed by atoms with Gasteiger partial charge in [-0.1, -0.05) is 0 Å². The Labute approximate surface area is 193 Å². The number of benzene rings is 1. The van der Waals surface area contributed by atoms with Gasteiger partial charge >= 0.3 is 6.01 Å². The van der Waals surface area contributed by atoms with Crippen LogP contribution < -0.4 is 10.1 Å². The van der Waals surface area contributed by atoms with E-state index in [2.05, 4.69) is 45.6 Å². The molecule has 0 bridgehead atoms. The maximum atomic E-state index is 13.5. The molecular formula is C25H30FN5O2. The van der Waals surface area contributed by atoms with Gasteiger partial charge in [0.15, 0.2) is 0 Å². The first-order valence-corrected chi connectivity index (χ1v) is 11.4. The van der Waals surface area contributed by atoms with Crippen LogP contribution >= 0.6 is 0 Å². The first kappa shape index (κ1) is 23.0. The number of carbonyl (C=O) groups is 1. The monoisotopic (exact) mass is 451 g/mol. The Kier molecular flexibility index (Phi) is 6.83. The first-order chi connectivity index (χ1) is 15.8. The molecule has 2 aromatic heterocycles. The van der Waals surface area contributed by atoms with Crippen LogP contribution in [0.3, 0.4) is 0 Å². The summed E-state index contributed by atoms with van der Waals surface area (Å²) in [5, 5.41) is 3.37. The summed E-state index contributed by atoms with van der Waals surface area (Å²) in [7, 11) is 0. The molecule has 1 N–H and O–H groups in total. The standard InChI is InChI=1S/C25H30FN5O2/c1-25(2,3)29-14-15-33-24-27-13-12-21(30-24)23-22(17-4-6-18(26)7-5-17)28-16-31(23)19-8-10-20(32)11-9-19/h4-7,12-13,16,19,29H,8-11,14-15H2,1-3H3. The number of nitrogens with zero attached hydrogens (tertiary/aromatic N) is 4. The van der Waals surface area contributed by atoms with Gasteiger partial charge < -0.3 is 14.6 Å². The minimum atomic E-state index is -0.299. The van der Waals surface area contributed by atoms with E-state index in [1.807, 2.05) is 6.07 Å². The van der Waals surface area contributed by atoms with E-state index < -0.39 is 0 Å². The van der Waals surface area contributed by atoms with Crippen molar-refractivity contribution in [1.82, 2.24) is 24.8 Å². The summed E-state index contributed by atoms with van der Waals surface area (Å²) in [4.78, 5) is 25.4. The van der Waals surface area contributed by atoms with Crippen LogP contribution in [0.4, 0.5) is 4.39 Å². The van der Waals surface area contributed by atoms with E-state index in [0.717, 1.165) is 24.1 Å². The summed E-state index contributed by atoms with van der Waals surface area (Å²) < 4.78 is 21.4. The van der Waals surface area contributed by atoms with Crippen LogP contribution in [0.5, 0.6) is 6.01 Å². The molecular weight excluding hydrogens is 421 g/mol. The smallest absolute Gasteiger partial charge is 0.316 e. The normalized spacial score (nSPS) is 15.1. The molecule has 7 nitrogen and oxygen atoms in total. The van der Waals surface area contributed by atoms with Gasteiger partial charge in [-0.15, -0.1) is 0 Å². The van der Waals surface area contributed by atoms with E-state index in [4.69, 9.17) is 4.74 Å². The third-order valence-corrected chi connectivity index (χ3v) is 5.68. The molecule has 8 heteroatoms. The van der Waals surface area contributed by atoms with Crippen LogP contribution in [0.1, 0.15) is 52.5 Å². The molecule has 0 unspecified atom stereocenters. The maximum absolute atomic E-state index is 13.5. The van der Waals surface area contributed by atoms with E-state index in [1.54, 1.807) is 24.7 Å². The highest BCUT2D eigenvalue weighted by molar-refractivity contribution is 5.80. The van der Waals surface area contributed by atoms with Gasteiger partial charge in [0.25, 0.3) is 0 Å². The van der Waals surface area contributed by atoms with Crippen molar-refractivity contribution in [2.24, 2.45) is 0 Å². The molecule has 1 aliphatic rings. The van der Waals surface area contributed by atoms with Crippen LogP contribution in [0.25, 0.3) is 22.6 Å². The Hall–Kier alpha value is -3.13. The van der Waals surface area contributed by atoms with Crippen molar-refractivity contribution in [2.75, 3.05) is 13.2 Å². The number of imidazole rings is 1. The van der Waals surface area contributed by atoms with E-state index in [-0.39, 0.29) is 17.4 Å². The Morgan fingerprint density at radius 3 is 2.55 bits per heavy atom. The number of Topliss-reactive ketones (excluding diaryl/α,β-unsaturated/α-hetero) is 1. The summed E-state index contributed by atoms with van der Waals surface area (Å²) in [6.45, 7) is 7.41. The number of ketones is 1. The number of carbonyl (C=O) groups excluding carboxylic acids is 1. The second-order valence-electron chi connectivity index (χ2n) is 9.38. The molecule has 1 saturated carbocycles. The molecule has 1 aliphatic carbocycles. The van der Waals surface area contributed by atoms with Gasteiger partial charge in [0.2, 0.25) is 0 Å². The number of nitrogens with one attached hydrogen (secondary N) is 1. The fourth-order valence-electron chi connectivity index (χ4n) is 4.02. The van der Waals surface area contributed by atoms with Crippen molar-refractivity contribution >= 4 is 5.78 Å². The van der Waals surface area contributed by atoms with E-state index in [9.17, 15) is 9.18 Å². The summed E-state index contributed by atoms with van der Waals surface area (Å²) in [6, 6.07) is 8.55. The lowest BCUT2D eigenvalue weighted by Gasteiger charge is -2.24. The summed E-state index contributed by atoms with van der Waals surface area (Å²) in [5.41, 5.74) is 3.02. The minimum Gasteiger partial charge on any atom is -0.462 e. The topological polar surface area (TPSA) is 81.9 Å². The molecule has 0 spiro atoms. The first-order valence-electron chi connectivity index (χ1n) is 11.4. The molecule has 1 aromatic carbocycles. The van der Waals surface area contributed by atoms with Gasteiger partial charge in [0.05, 0.1) is 23.4 Å².